The van der Waals surface area contributed by atoms with E-state index in [0.717, 1.165) is 11.5 Å². The molecular formula is C9H12N2O2. The summed E-state index contributed by atoms with van der Waals surface area (Å²) in [5, 5.41) is 2.83. The molecule has 1 atom stereocenters. The lowest BCUT2D eigenvalue weighted by atomic mass is 10.3. The molecule has 0 bridgehead atoms. The van der Waals surface area contributed by atoms with Gasteiger partial charge in [-0.2, -0.15) is 0 Å². The number of nitrogens with zero attached hydrogens (tertiary/aromatic N) is 1. The average molecular weight is 180 g/mol. The molecule has 4 nitrogen and oxygen atoms in total. The third kappa shape index (κ3) is 1.45. The lowest BCUT2D eigenvalue weighted by Crippen LogP contribution is -2.23. The van der Waals surface area contributed by atoms with Crippen LogP contribution < -0.4 is 5.32 Å². The number of likely N-dealkylation sites (N-methyl/N-ethyl adjacent to an activating group) is 1. The number of aryl methyl sites for hydroxylation is 1. The lowest BCUT2D eigenvalue weighted by Gasteiger charge is -2.15. The van der Waals surface area contributed by atoms with Crippen molar-refractivity contribution in [3.8, 4) is 0 Å². The molecule has 70 valence electrons. The number of nitrogens with one attached hydrogen (secondary N) is 1. The minimum atomic E-state index is -0.0961. The van der Waals surface area contributed by atoms with Crippen LogP contribution in [0.1, 0.15) is 17.7 Å². The SMILES string of the molecule is Cc1ccc(C2NC(=O)CN2C)o1. The van der Waals surface area contributed by atoms with Crippen molar-refractivity contribution in [2.75, 3.05) is 13.6 Å². The van der Waals surface area contributed by atoms with Gasteiger partial charge < -0.3 is 9.73 Å². The van der Waals surface area contributed by atoms with Crippen LogP contribution in [0.15, 0.2) is 16.5 Å². The molecule has 0 aromatic carbocycles. The summed E-state index contributed by atoms with van der Waals surface area (Å²) in [7, 11) is 1.89. The Morgan fingerprint density at radius 2 is 2.38 bits per heavy atom. The first-order valence-corrected chi connectivity index (χ1v) is 4.23. The van der Waals surface area contributed by atoms with Gasteiger partial charge in [-0.3, -0.25) is 9.69 Å². The Labute approximate surface area is 76.5 Å². The van der Waals surface area contributed by atoms with E-state index in [1.54, 1.807) is 0 Å². The summed E-state index contributed by atoms with van der Waals surface area (Å²) >= 11 is 0. The predicted molar refractivity (Wildman–Crippen MR) is 47.0 cm³/mol. The summed E-state index contributed by atoms with van der Waals surface area (Å²) in [6.07, 6.45) is -0.0961. The highest BCUT2D eigenvalue weighted by Gasteiger charge is 2.29. The zero-order chi connectivity index (χ0) is 9.42. The highest BCUT2D eigenvalue weighted by atomic mass is 16.3. The van der Waals surface area contributed by atoms with E-state index in [0.29, 0.717) is 6.54 Å². The quantitative estimate of drug-likeness (QED) is 0.690. The first-order chi connectivity index (χ1) is 6.16. The van der Waals surface area contributed by atoms with Crippen LogP contribution in [-0.4, -0.2) is 24.4 Å². The normalized spacial score (nSPS) is 23.5. The van der Waals surface area contributed by atoms with Gasteiger partial charge in [-0.15, -0.1) is 0 Å². The van der Waals surface area contributed by atoms with Crippen molar-refractivity contribution in [1.29, 1.82) is 0 Å². The Hall–Kier alpha value is -1.29. The molecule has 0 spiro atoms. The molecule has 2 rings (SSSR count). The number of carbonyl (C=O) groups is 1. The van der Waals surface area contributed by atoms with Crippen LogP contribution in [-0.2, 0) is 4.79 Å². The molecule has 1 fully saturated rings. The molecule has 0 saturated carbocycles. The fourth-order valence-corrected chi connectivity index (χ4v) is 1.51. The minimum Gasteiger partial charge on any atom is -0.463 e. The van der Waals surface area contributed by atoms with Crippen LogP contribution in [0.25, 0.3) is 0 Å². The number of carbonyl (C=O) groups excluding carboxylic acids is 1. The van der Waals surface area contributed by atoms with Crippen LogP contribution >= 0.6 is 0 Å². The molecule has 1 unspecified atom stereocenters. The van der Waals surface area contributed by atoms with Crippen molar-refractivity contribution in [3.05, 3.63) is 23.7 Å². The summed E-state index contributed by atoms with van der Waals surface area (Å²) in [5.74, 6) is 1.71. The van der Waals surface area contributed by atoms with Crippen LogP contribution in [0.2, 0.25) is 0 Å². The summed E-state index contributed by atoms with van der Waals surface area (Å²) < 4.78 is 5.43. The van der Waals surface area contributed by atoms with Gasteiger partial charge in [-0.25, -0.2) is 0 Å². The monoisotopic (exact) mass is 180 g/mol. The molecule has 1 aliphatic rings. The van der Waals surface area contributed by atoms with Crippen molar-refractivity contribution >= 4 is 5.91 Å². The summed E-state index contributed by atoms with van der Waals surface area (Å²) in [5.41, 5.74) is 0. The maximum absolute atomic E-state index is 11.0. The molecular weight excluding hydrogens is 168 g/mol. The fourth-order valence-electron chi connectivity index (χ4n) is 1.51. The second-order valence-electron chi connectivity index (χ2n) is 3.33. The Bertz CT molecular complexity index is 332. The smallest absolute Gasteiger partial charge is 0.235 e. The van der Waals surface area contributed by atoms with Gasteiger partial charge >= 0.3 is 0 Å². The molecule has 2 heterocycles. The zero-order valence-electron chi connectivity index (χ0n) is 7.70. The molecule has 1 aromatic rings. The van der Waals surface area contributed by atoms with E-state index in [-0.39, 0.29) is 12.1 Å². The third-order valence-corrected chi connectivity index (χ3v) is 2.16. The summed E-state index contributed by atoms with van der Waals surface area (Å²) in [4.78, 5) is 13.0. The maximum Gasteiger partial charge on any atom is 0.235 e. The van der Waals surface area contributed by atoms with E-state index >= 15 is 0 Å². The third-order valence-electron chi connectivity index (χ3n) is 2.16. The van der Waals surface area contributed by atoms with E-state index in [9.17, 15) is 4.79 Å². The van der Waals surface area contributed by atoms with Crippen molar-refractivity contribution < 1.29 is 9.21 Å². The minimum absolute atomic E-state index is 0.0431. The Morgan fingerprint density at radius 1 is 1.62 bits per heavy atom. The van der Waals surface area contributed by atoms with Crippen molar-refractivity contribution in [2.24, 2.45) is 0 Å². The van der Waals surface area contributed by atoms with Crippen LogP contribution in [0.5, 0.6) is 0 Å². The van der Waals surface area contributed by atoms with E-state index in [1.165, 1.54) is 0 Å². The van der Waals surface area contributed by atoms with Gasteiger partial charge in [-0.1, -0.05) is 0 Å². The van der Waals surface area contributed by atoms with Crippen LogP contribution in [0.4, 0.5) is 0 Å². The topological polar surface area (TPSA) is 45.5 Å². The average Bonchev–Trinajstić information content (AvgIpc) is 2.58. The van der Waals surface area contributed by atoms with Crippen molar-refractivity contribution in [3.63, 3.8) is 0 Å². The maximum atomic E-state index is 11.0. The number of hydrogen-bond acceptors (Lipinski definition) is 3. The first kappa shape index (κ1) is 8.31. The molecule has 1 saturated heterocycles. The molecule has 1 amide bonds. The largest absolute Gasteiger partial charge is 0.463 e. The van der Waals surface area contributed by atoms with Gasteiger partial charge in [0.25, 0.3) is 0 Å². The standard InChI is InChI=1S/C9H12N2O2/c1-6-3-4-7(13-6)9-10-8(12)5-11(9)2/h3-4,9H,5H2,1-2H3,(H,10,12). The van der Waals surface area contributed by atoms with E-state index in [4.69, 9.17) is 4.42 Å². The number of furan rings is 1. The Morgan fingerprint density at radius 3 is 2.85 bits per heavy atom. The molecule has 1 aromatic heterocycles. The zero-order valence-corrected chi connectivity index (χ0v) is 7.70. The van der Waals surface area contributed by atoms with Gasteiger partial charge in [0.05, 0.1) is 6.54 Å². The van der Waals surface area contributed by atoms with E-state index < -0.39 is 0 Å². The molecule has 4 heteroatoms. The second-order valence-corrected chi connectivity index (χ2v) is 3.33. The second kappa shape index (κ2) is 2.88. The van der Waals surface area contributed by atoms with Gasteiger partial charge in [0.1, 0.15) is 17.7 Å². The van der Waals surface area contributed by atoms with Gasteiger partial charge in [0.15, 0.2) is 0 Å². The number of hydrogen-bond donors (Lipinski definition) is 1. The number of amides is 1. The highest BCUT2D eigenvalue weighted by molar-refractivity contribution is 5.80. The van der Waals surface area contributed by atoms with Crippen LogP contribution in [0, 0.1) is 6.92 Å². The molecule has 1 aliphatic heterocycles. The highest BCUT2D eigenvalue weighted by Crippen LogP contribution is 2.21. The summed E-state index contributed by atoms with van der Waals surface area (Å²) in [6.45, 7) is 2.32. The first-order valence-electron chi connectivity index (χ1n) is 4.23. The lowest BCUT2D eigenvalue weighted by molar-refractivity contribution is -0.118. The fraction of sp³-hybridized carbons (Fsp3) is 0.444. The molecule has 0 aliphatic carbocycles. The molecule has 0 radical (unpaired) electrons. The van der Waals surface area contributed by atoms with E-state index in [1.807, 2.05) is 31.0 Å². The van der Waals surface area contributed by atoms with Gasteiger partial charge in [0, 0.05) is 0 Å². The molecule has 13 heavy (non-hydrogen) atoms. The summed E-state index contributed by atoms with van der Waals surface area (Å²) in [6, 6.07) is 3.79. The Balaban J connectivity index is 2.22. The van der Waals surface area contributed by atoms with Crippen molar-refractivity contribution in [1.82, 2.24) is 10.2 Å². The van der Waals surface area contributed by atoms with E-state index in [2.05, 4.69) is 5.32 Å². The van der Waals surface area contributed by atoms with Gasteiger partial charge in [-0.05, 0) is 26.1 Å². The predicted octanol–water partition coefficient (Wildman–Crippen LogP) is 0.648. The van der Waals surface area contributed by atoms with Crippen LogP contribution in [0.3, 0.4) is 0 Å². The van der Waals surface area contributed by atoms with Gasteiger partial charge in [0.2, 0.25) is 5.91 Å². The van der Waals surface area contributed by atoms with Crippen molar-refractivity contribution in [2.45, 2.75) is 13.1 Å². The Kier molecular flexibility index (Phi) is 1.84. The molecule has 1 N–H and O–H groups in total. The number of rotatable bonds is 1.